The molecule has 3 aromatic heterocycles. The van der Waals surface area contributed by atoms with Crippen LogP contribution in [-0.2, 0) is 17.1 Å². The number of benzene rings is 2. The summed E-state index contributed by atoms with van der Waals surface area (Å²) < 4.78 is 34.9. The van der Waals surface area contributed by atoms with Gasteiger partial charge in [0.15, 0.2) is 0 Å². The number of nitrogens with one attached hydrogen (secondary N) is 2. The zero-order chi connectivity index (χ0) is 36.6. The lowest BCUT2D eigenvalue weighted by Gasteiger charge is -2.43. The number of hydrogen-bond donors (Lipinski definition) is 2. The molecule has 0 bridgehead atoms. The number of ether oxygens (including phenoxy) is 1. The number of likely N-dealkylation sites (N-methyl/N-ethyl adjacent to an activating group) is 1. The summed E-state index contributed by atoms with van der Waals surface area (Å²) in [4.78, 5) is 25.7. The van der Waals surface area contributed by atoms with Gasteiger partial charge >= 0.3 is 0 Å². The number of fused-ring (bicyclic) bond motifs is 1. The molecule has 2 aromatic carbocycles. The molecule has 0 radical (unpaired) electrons. The highest BCUT2D eigenvalue weighted by molar-refractivity contribution is 9.10. The average molecular weight is 792 g/mol. The second kappa shape index (κ2) is 14.8. The summed E-state index contributed by atoms with van der Waals surface area (Å²) in [7, 11) is 3.62. The molecule has 0 unspecified atom stereocenters. The van der Waals surface area contributed by atoms with E-state index in [1.807, 2.05) is 19.4 Å². The number of piperazine rings is 1. The van der Waals surface area contributed by atoms with Crippen LogP contribution in [0.5, 0.6) is 5.75 Å². The fraction of sp³-hybridized carbons (Fsp3) is 0.400. The molecule has 5 aromatic rings. The van der Waals surface area contributed by atoms with Crippen molar-refractivity contribution >= 4 is 71.5 Å². The number of nitrogens with zero attached hydrogens (tertiary/aromatic N) is 10. The van der Waals surface area contributed by atoms with Crippen molar-refractivity contribution in [3.8, 4) is 16.9 Å². The third kappa shape index (κ3) is 7.49. The zero-order valence-electron chi connectivity index (χ0n) is 29.9. The first-order valence-corrected chi connectivity index (χ1v) is 19.8. The zero-order valence-corrected chi connectivity index (χ0v) is 32.3. The van der Waals surface area contributed by atoms with Crippen LogP contribution in [0.25, 0.3) is 22.2 Å². The van der Waals surface area contributed by atoms with Crippen LogP contribution in [0.3, 0.4) is 0 Å². The van der Waals surface area contributed by atoms with Crippen molar-refractivity contribution in [2.75, 3.05) is 86.6 Å². The van der Waals surface area contributed by atoms with Crippen LogP contribution in [0.4, 0.5) is 34.5 Å². The number of rotatable bonds is 10. The van der Waals surface area contributed by atoms with E-state index in [4.69, 9.17) is 9.72 Å². The highest BCUT2D eigenvalue weighted by Crippen LogP contribution is 2.42. The van der Waals surface area contributed by atoms with E-state index in [1.165, 1.54) is 17.5 Å². The van der Waals surface area contributed by atoms with Gasteiger partial charge < -0.3 is 25.2 Å². The fourth-order valence-corrected chi connectivity index (χ4v) is 7.72. The second-order valence-corrected chi connectivity index (χ2v) is 16.2. The van der Waals surface area contributed by atoms with E-state index in [2.05, 4.69) is 80.5 Å². The molecule has 15 nitrogen and oxygen atoms in total. The Bertz CT molecular complexity index is 2180. The summed E-state index contributed by atoms with van der Waals surface area (Å²) in [6.07, 6.45) is 12.0. The predicted molar refractivity (Wildman–Crippen MR) is 209 cm³/mol. The third-order valence-corrected chi connectivity index (χ3v) is 11.6. The maximum atomic E-state index is 12.7. The first kappa shape index (κ1) is 35.8. The highest BCUT2D eigenvalue weighted by Gasteiger charge is 2.29. The topological polar surface area (TPSA) is 150 Å². The number of methoxy groups -OCH3 is 1. The fourth-order valence-electron chi connectivity index (χ4n) is 6.92. The summed E-state index contributed by atoms with van der Waals surface area (Å²) in [6.45, 7) is 6.39. The third-order valence-electron chi connectivity index (χ3n) is 9.86. The van der Waals surface area contributed by atoms with Gasteiger partial charge in [-0.3, -0.25) is 23.9 Å². The number of hydrogen-bond acceptors (Lipinski definition) is 13. The lowest BCUT2D eigenvalue weighted by molar-refractivity contribution is 0.0982. The van der Waals surface area contributed by atoms with E-state index < -0.39 is 10.0 Å². The van der Waals surface area contributed by atoms with Crippen LogP contribution in [0.1, 0.15) is 12.8 Å². The Hall–Kier alpha value is -4.58. The van der Waals surface area contributed by atoms with Crippen molar-refractivity contribution < 1.29 is 13.2 Å². The van der Waals surface area contributed by atoms with Gasteiger partial charge in [0.05, 0.1) is 40.9 Å². The van der Waals surface area contributed by atoms with E-state index in [1.54, 1.807) is 36.3 Å². The minimum Gasteiger partial charge on any atom is -0.494 e. The van der Waals surface area contributed by atoms with Crippen LogP contribution < -0.4 is 24.6 Å². The van der Waals surface area contributed by atoms with Gasteiger partial charge in [0, 0.05) is 107 Å². The van der Waals surface area contributed by atoms with Crippen LogP contribution in [0, 0.1) is 0 Å². The minimum absolute atomic E-state index is 0.306. The van der Waals surface area contributed by atoms with E-state index in [9.17, 15) is 8.42 Å². The van der Waals surface area contributed by atoms with Gasteiger partial charge in [-0.05, 0) is 54.0 Å². The summed E-state index contributed by atoms with van der Waals surface area (Å²) in [6, 6.07) is 8.28. The number of anilines is 6. The molecule has 7 rings (SSSR count). The molecule has 52 heavy (non-hydrogen) atoms. The quantitative estimate of drug-likeness (QED) is 0.202. The van der Waals surface area contributed by atoms with Gasteiger partial charge in [0.25, 0.3) is 0 Å². The van der Waals surface area contributed by atoms with Crippen molar-refractivity contribution in [3.05, 3.63) is 59.7 Å². The molecule has 2 saturated heterocycles. The second-order valence-electron chi connectivity index (χ2n) is 13.3. The molecule has 0 saturated carbocycles. The van der Waals surface area contributed by atoms with Crippen molar-refractivity contribution in [1.82, 2.24) is 39.5 Å². The van der Waals surface area contributed by atoms with Gasteiger partial charge in [0.2, 0.25) is 16.0 Å². The predicted octanol–water partition coefficient (Wildman–Crippen LogP) is 4.69. The SMILES string of the molecule is COc1cc(N2CCC(N3CCN(C)CC3)CC2)c(-c2cnn(C)c2)cc1Nc1ncc(Br)c(Nc2ccc3nccnc3c2N(C)S(C)(=O)=O)n1. The first-order valence-electron chi connectivity index (χ1n) is 17.1. The number of halogens is 1. The lowest BCUT2D eigenvalue weighted by Crippen LogP contribution is -2.52. The Morgan fingerprint density at radius 2 is 1.69 bits per heavy atom. The number of piperidine rings is 1. The van der Waals surface area contributed by atoms with Gasteiger partial charge in [-0.1, -0.05) is 0 Å². The van der Waals surface area contributed by atoms with Crippen molar-refractivity contribution in [2.45, 2.75) is 18.9 Å². The maximum absolute atomic E-state index is 12.7. The normalized spacial score (nSPS) is 16.3. The van der Waals surface area contributed by atoms with Crippen molar-refractivity contribution in [2.24, 2.45) is 7.05 Å². The largest absolute Gasteiger partial charge is 0.494 e. The standard InChI is InChI=1S/C35H43BrN12O3S/c1-44-14-16-47(17-15-44)24-8-12-48(13-9-24)30-19-31(51-4)29(18-25(30)23-20-40-45(2)22-23)42-35-39-21-26(36)34(43-35)41-28-7-6-27-32(38-11-10-37-27)33(28)46(3)52(5,49)50/h6-7,10-11,18-22,24H,8-9,12-17H2,1-5H3,(H2,39,41,42,43). The van der Waals surface area contributed by atoms with Crippen molar-refractivity contribution in [3.63, 3.8) is 0 Å². The molecule has 274 valence electrons. The highest BCUT2D eigenvalue weighted by atomic mass is 79.9. The van der Waals surface area contributed by atoms with Crippen LogP contribution in [0.2, 0.25) is 0 Å². The Balaban J connectivity index is 1.19. The van der Waals surface area contributed by atoms with Crippen LogP contribution in [0.15, 0.2) is 59.7 Å². The van der Waals surface area contributed by atoms with E-state index in [0.29, 0.717) is 56.1 Å². The molecule has 2 aliphatic rings. The number of sulfonamides is 1. The Labute approximate surface area is 312 Å². The van der Waals surface area contributed by atoms with Crippen LogP contribution >= 0.6 is 15.9 Å². The first-order chi connectivity index (χ1) is 25.0. The lowest BCUT2D eigenvalue weighted by atomic mass is 9.98. The van der Waals surface area contributed by atoms with E-state index in [-0.39, 0.29) is 0 Å². The molecule has 0 amide bonds. The van der Waals surface area contributed by atoms with E-state index >= 15 is 0 Å². The number of aromatic nitrogens is 6. The molecule has 0 aliphatic carbocycles. The molecular weight excluding hydrogens is 748 g/mol. The molecule has 2 fully saturated rings. The Morgan fingerprint density at radius 1 is 0.942 bits per heavy atom. The number of aryl methyl sites for hydroxylation is 1. The molecule has 17 heteroatoms. The van der Waals surface area contributed by atoms with Gasteiger partial charge in [-0.25, -0.2) is 13.4 Å². The van der Waals surface area contributed by atoms with Crippen molar-refractivity contribution in [1.29, 1.82) is 0 Å². The van der Waals surface area contributed by atoms with Crippen LogP contribution in [-0.4, -0.2) is 121 Å². The molecular formula is C35H43BrN12O3S. The summed E-state index contributed by atoms with van der Waals surface area (Å²) >= 11 is 3.56. The van der Waals surface area contributed by atoms with E-state index in [0.717, 1.165) is 75.2 Å². The van der Waals surface area contributed by atoms with Gasteiger partial charge in [0.1, 0.15) is 22.8 Å². The summed E-state index contributed by atoms with van der Waals surface area (Å²) in [5.41, 5.74) is 5.60. The minimum atomic E-state index is -3.63. The molecule has 2 N–H and O–H groups in total. The smallest absolute Gasteiger partial charge is 0.232 e. The molecule has 0 spiro atoms. The summed E-state index contributed by atoms with van der Waals surface area (Å²) in [5, 5.41) is 11.1. The van der Waals surface area contributed by atoms with Gasteiger partial charge in [-0.15, -0.1) is 0 Å². The Morgan fingerprint density at radius 3 is 2.38 bits per heavy atom. The molecule has 0 atom stereocenters. The molecule has 5 heterocycles. The maximum Gasteiger partial charge on any atom is 0.232 e. The monoisotopic (exact) mass is 790 g/mol. The Kier molecular flexibility index (Phi) is 10.2. The summed E-state index contributed by atoms with van der Waals surface area (Å²) in [5.74, 6) is 1.37. The molecule has 2 aliphatic heterocycles. The average Bonchev–Trinajstić information content (AvgIpc) is 3.58. The van der Waals surface area contributed by atoms with Gasteiger partial charge in [-0.2, -0.15) is 10.1 Å².